The Kier molecular flexibility index (Phi) is 2.63. The molecule has 0 amide bonds. The Morgan fingerprint density at radius 1 is 1.50 bits per heavy atom. The monoisotopic (exact) mass is 218 g/mol. The van der Waals surface area contributed by atoms with Crippen LogP contribution in [-0.2, 0) is 21.8 Å². The maximum atomic E-state index is 11.1. The lowest BCUT2D eigenvalue weighted by molar-refractivity contribution is 0.0589. The average molecular weight is 218 g/mol. The van der Waals surface area contributed by atoms with Crippen molar-refractivity contribution in [2.24, 2.45) is 12.2 Å². The zero-order valence-corrected chi connectivity index (χ0v) is 8.54. The summed E-state index contributed by atoms with van der Waals surface area (Å²) in [6, 6.07) is 2.59. The lowest BCUT2D eigenvalue weighted by atomic mass is 10.4. The van der Waals surface area contributed by atoms with Crippen molar-refractivity contribution < 1.29 is 17.9 Å². The standard InChI is InChI=1S/C7H10N2O4S/c1-9-5(7(10)13-2)3-4-6(9)14(8,11)12/h3-4H,1-2H3,(H2,8,11,12). The molecule has 0 aliphatic carbocycles. The fraction of sp³-hybridized carbons (Fsp3) is 0.286. The minimum atomic E-state index is -3.80. The lowest BCUT2D eigenvalue weighted by Crippen LogP contribution is -2.18. The van der Waals surface area contributed by atoms with Crippen molar-refractivity contribution in [2.75, 3.05) is 7.11 Å². The van der Waals surface area contributed by atoms with E-state index in [1.54, 1.807) is 0 Å². The zero-order valence-electron chi connectivity index (χ0n) is 7.72. The molecule has 0 fully saturated rings. The van der Waals surface area contributed by atoms with Crippen LogP contribution in [0.5, 0.6) is 0 Å². The van der Waals surface area contributed by atoms with Crippen molar-refractivity contribution in [3.8, 4) is 0 Å². The predicted octanol–water partition coefficient (Wildman–Crippen LogP) is -0.541. The highest BCUT2D eigenvalue weighted by Gasteiger charge is 2.18. The summed E-state index contributed by atoms with van der Waals surface area (Å²) in [5.74, 6) is -0.609. The molecule has 0 aliphatic rings. The minimum Gasteiger partial charge on any atom is -0.464 e. The van der Waals surface area contributed by atoms with Gasteiger partial charge in [0.2, 0.25) is 0 Å². The molecule has 0 atom stereocenters. The van der Waals surface area contributed by atoms with Crippen LogP contribution in [0.15, 0.2) is 17.2 Å². The molecule has 0 radical (unpaired) electrons. The summed E-state index contributed by atoms with van der Waals surface area (Å²) in [6.07, 6.45) is 0. The van der Waals surface area contributed by atoms with Crippen LogP contribution in [-0.4, -0.2) is 26.1 Å². The highest BCUT2D eigenvalue weighted by molar-refractivity contribution is 7.89. The fourth-order valence-corrected chi connectivity index (χ4v) is 1.83. The summed E-state index contributed by atoms with van der Waals surface area (Å²) >= 11 is 0. The van der Waals surface area contributed by atoms with E-state index in [-0.39, 0.29) is 10.7 Å². The van der Waals surface area contributed by atoms with E-state index in [2.05, 4.69) is 4.74 Å². The highest BCUT2D eigenvalue weighted by Crippen LogP contribution is 2.12. The van der Waals surface area contributed by atoms with Gasteiger partial charge in [-0.05, 0) is 12.1 Å². The quantitative estimate of drug-likeness (QED) is 0.675. The van der Waals surface area contributed by atoms with Crippen molar-refractivity contribution in [2.45, 2.75) is 5.03 Å². The maximum absolute atomic E-state index is 11.1. The second-order valence-electron chi connectivity index (χ2n) is 2.65. The van der Waals surface area contributed by atoms with Gasteiger partial charge in [0, 0.05) is 7.05 Å². The first-order valence-electron chi connectivity index (χ1n) is 3.64. The number of esters is 1. The summed E-state index contributed by atoms with van der Waals surface area (Å²) < 4.78 is 27.6. The molecule has 0 unspecified atom stereocenters. The Hall–Kier alpha value is -1.34. The van der Waals surface area contributed by atoms with Gasteiger partial charge in [-0.15, -0.1) is 0 Å². The molecule has 6 nitrogen and oxygen atoms in total. The molecule has 1 heterocycles. The third-order valence-electron chi connectivity index (χ3n) is 1.76. The van der Waals surface area contributed by atoms with Gasteiger partial charge in [-0.25, -0.2) is 18.4 Å². The minimum absolute atomic E-state index is 0.127. The van der Waals surface area contributed by atoms with E-state index in [0.717, 1.165) is 0 Å². The van der Waals surface area contributed by atoms with Gasteiger partial charge in [0.05, 0.1) is 7.11 Å². The van der Waals surface area contributed by atoms with Crippen LogP contribution < -0.4 is 5.14 Å². The van der Waals surface area contributed by atoms with Crippen LogP contribution in [0.25, 0.3) is 0 Å². The van der Waals surface area contributed by atoms with Crippen LogP contribution in [0.3, 0.4) is 0 Å². The molecule has 0 bridgehead atoms. The van der Waals surface area contributed by atoms with Crippen LogP contribution in [0, 0.1) is 0 Å². The summed E-state index contributed by atoms with van der Waals surface area (Å²) in [5, 5.41) is 4.78. The van der Waals surface area contributed by atoms with Gasteiger partial charge in [-0.1, -0.05) is 0 Å². The van der Waals surface area contributed by atoms with Crippen molar-refractivity contribution in [3.63, 3.8) is 0 Å². The number of sulfonamides is 1. The summed E-state index contributed by atoms with van der Waals surface area (Å²) in [6.45, 7) is 0. The van der Waals surface area contributed by atoms with Gasteiger partial charge in [-0.2, -0.15) is 0 Å². The van der Waals surface area contributed by atoms with E-state index >= 15 is 0 Å². The molecule has 1 aromatic rings. The molecule has 2 N–H and O–H groups in total. The third kappa shape index (κ3) is 1.78. The highest BCUT2D eigenvalue weighted by atomic mass is 32.2. The number of carbonyl (C=O) groups is 1. The van der Waals surface area contributed by atoms with E-state index in [0.29, 0.717) is 0 Å². The topological polar surface area (TPSA) is 91.4 Å². The average Bonchev–Trinajstić information content (AvgIpc) is 2.45. The smallest absolute Gasteiger partial charge is 0.354 e. The number of ether oxygens (including phenoxy) is 1. The Balaban J connectivity index is 3.29. The largest absolute Gasteiger partial charge is 0.464 e. The Bertz CT molecular complexity index is 460. The van der Waals surface area contributed by atoms with Crippen molar-refractivity contribution in [1.82, 2.24) is 4.57 Å². The molecular formula is C7H10N2O4S. The number of aromatic nitrogens is 1. The number of carbonyl (C=O) groups excluding carboxylic acids is 1. The molecule has 0 aromatic carbocycles. The first-order valence-corrected chi connectivity index (χ1v) is 5.19. The molecule has 1 aromatic heterocycles. The number of hydrogen-bond acceptors (Lipinski definition) is 4. The van der Waals surface area contributed by atoms with Crippen LogP contribution in [0.2, 0.25) is 0 Å². The predicted molar refractivity (Wildman–Crippen MR) is 48.1 cm³/mol. The van der Waals surface area contributed by atoms with Crippen LogP contribution >= 0.6 is 0 Å². The van der Waals surface area contributed by atoms with Crippen molar-refractivity contribution >= 4 is 16.0 Å². The summed E-state index contributed by atoms with van der Waals surface area (Å²) in [7, 11) is -1.16. The zero-order chi connectivity index (χ0) is 10.9. The normalized spacial score (nSPS) is 11.4. The number of nitrogens with two attached hydrogens (primary N) is 1. The van der Waals surface area contributed by atoms with Crippen LogP contribution in [0.4, 0.5) is 0 Å². The van der Waals surface area contributed by atoms with Crippen LogP contribution in [0.1, 0.15) is 10.5 Å². The SMILES string of the molecule is COC(=O)c1ccc(S(N)(=O)=O)n1C. The van der Waals surface area contributed by atoms with E-state index in [4.69, 9.17) is 5.14 Å². The number of methoxy groups -OCH3 is 1. The van der Waals surface area contributed by atoms with Gasteiger partial charge >= 0.3 is 5.97 Å². The second-order valence-corrected chi connectivity index (χ2v) is 4.16. The van der Waals surface area contributed by atoms with E-state index in [1.165, 1.54) is 30.9 Å². The molecule has 7 heteroatoms. The maximum Gasteiger partial charge on any atom is 0.354 e. The van der Waals surface area contributed by atoms with Gasteiger partial charge in [0.25, 0.3) is 10.0 Å². The molecule has 1 rings (SSSR count). The molecule has 14 heavy (non-hydrogen) atoms. The third-order valence-corrected chi connectivity index (χ3v) is 2.75. The molecule has 78 valence electrons. The number of hydrogen-bond donors (Lipinski definition) is 1. The molecule has 0 spiro atoms. The summed E-state index contributed by atoms with van der Waals surface area (Å²) in [5.41, 5.74) is 0.136. The number of nitrogens with zero attached hydrogens (tertiary/aromatic N) is 1. The van der Waals surface area contributed by atoms with E-state index < -0.39 is 16.0 Å². The lowest BCUT2D eigenvalue weighted by Gasteiger charge is -2.03. The Labute approximate surface area is 81.3 Å². The Morgan fingerprint density at radius 2 is 2.07 bits per heavy atom. The second kappa shape index (κ2) is 3.43. The number of rotatable bonds is 2. The molecule has 0 aliphatic heterocycles. The van der Waals surface area contributed by atoms with Gasteiger partial charge in [0.1, 0.15) is 5.69 Å². The molecule has 0 saturated heterocycles. The first kappa shape index (κ1) is 10.7. The summed E-state index contributed by atoms with van der Waals surface area (Å²) in [4.78, 5) is 11.1. The Morgan fingerprint density at radius 3 is 2.43 bits per heavy atom. The molecular weight excluding hydrogens is 208 g/mol. The molecule has 0 saturated carbocycles. The van der Waals surface area contributed by atoms with Crippen molar-refractivity contribution in [1.29, 1.82) is 0 Å². The van der Waals surface area contributed by atoms with Gasteiger partial charge in [-0.3, -0.25) is 0 Å². The van der Waals surface area contributed by atoms with Gasteiger partial charge < -0.3 is 9.30 Å². The van der Waals surface area contributed by atoms with Gasteiger partial charge in [0.15, 0.2) is 5.03 Å². The van der Waals surface area contributed by atoms with E-state index in [9.17, 15) is 13.2 Å². The van der Waals surface area contributed by atoms with Crippen molar-refractivity contribution in [3.05, 3.63) is 17.8 Å². The fourth-order valence-electron chi connectivity index (χ4n) is 1.09. The first-order chi connectivity index (χ1) is 6.38. The number of primary sulfonamides is 1. The van der Waals surface area contributed by atoms with E-state index in [1.807, 2.05) is 0 Å².